The zero-order chi connectivity index (χ0) is 24.9. The van der Waals surface area contributed by atoms with Gasteiger partial charge in [0.1, 0.15) is 5.75 Å². The van der Waals surface area contributed by atoms with Gasteiger partial charge < -0.3 is 5.11 Å². The van der Waals surface area contributed by atoms with Crippen LogP contribution in [0.5, 0.6) is 5.75 Å². The molecule has 0 aromatic heterocycles. The lowest BCUT2D eigenvalue weighted by atomic mass is 9.85. The highest BCUT2D eigenvalue weighted by Crippen LogP contribution is 2.32. The molecule has 0 radical (unpaired) electrons. The summed E-state index contributed by atoms with van der Waals surface area (Å²) < 4.78 is 0. The third kappa shape index (κ3) is 5.14. The first-order valence-corrected chi connectivity index (χ1v) is 12.3. The Hall–Kier alpha value is -4.03. The molecule has 1 atom stereocenters. The van der Waals surface area contributed by atoms with Gasteiger partial charge in [0, 0.05) is 18.3 Å². The predicted octanol–water partition coefficient (Wildman–Crippen LogP) is 5.53. The highest BCUT2D eigenvalue weighted by molar-refractivity contribution is 6.20. The lowest BCUT2D eigenvalue weighted by molar-refractivity contribution is -0.0905. The molecule has 1 N–H and O–H groups in total. The van der Waals surface area contributed by atoms with Crippen LogP contribution in [0.25, 0.3) is 0 Å². The molecule has 2 heterocycles. The summed E-state index contributed by atoms with van der Waals surface area (Å²) in [4.78, 5) is 36.0. The van der Waals surface area contributed by atoms with Gasteiger partial charge in [-0.05, 0) is 72.6 Å². The largest absolute Gasteiger partial charge is 0.508 e. The Balaban J connectivity index is 1.38. The molecule has 36 heavy (non-hydrogen) atoms. The molecule has 182 valence electrons. The summed E-state index contributed by atoms with van der Waals surface area (Å²) in [5.74, 6) is -0.409. The molecular formula is C30H28N2O4. The summed E-state index contributed by atoms with van der Waals surface area (Å²) in [5, 5.41) is 10.9. The standard InChI is InChI=1S/C30H28N2O4/c33-24-12-6-10-22(19-24)18-23-11-7-16-31-28(20-21-8-2-1-3-9-21)25(23)15-17-36-32-29(34)26-13-4-5-14-27(26)30(32)35/h1-6,8-10,12-14,16,19,23,33H,7,11,15,17-18,20H2. The monoisotopic (exact) mass is 480 g/mol. The summed E-state index contributed by atoms with van der Waals surface area (Å²) in [7, 11) is 0. The van der Waals surface area contributed by atoms with Gasteiger partial charge in [0.25, 0.3) is 11.8 Å². The van der Waals surface area contributed by atoms with Crippen LogP contribution in [0.2, 0.25) is 0 Å². The third-order valence-electron chi connectivity index (χ3n) is 6.71. The Morgan fingerprint density at radius 2 is 1.58 bits per heavy atom. The summed E-state index contributed by atoms with van der Waals surface area (Å²) in [6.45, 7) is 0.186. The maximum Gasteiger partial charge on any atom is 0.285 e. The average molecular weight is 481 g/mol. The van der Waals surface area contributed by atoms with Crippen molar-refractivity contribution in [2.24, 2.45) is 10.9 Å². The zero-order valence-electron chi connectivity index (χ0n) is 20.0. The van der Waals surface area contributed by atoms with Crippen LogP contribution in [0.4, 0.5) is 0 Å². The smallest absolute Gasteiger partial charge is 0.285 e. The molecule has 3 aromatic rings. The average Bonchev–Trinajstić information content (AvgIpc) is 3.01. The fourth-order valence-electron chi connectivity index (χ4n) is 4.96. The second-order valence-corrected chi connectivity index (χ2v) is 9.13. The number of hydroxylamine groups is 2. The number of phenols is 1. The van der Waals surface area contributed by atoms with Gasteiger partial charge in [-0.15, -0.1) is 5.06 Å². The van der Waals surface area contributed by atoms with Crippen molar-refractivity contribution in [1.29, 1.82) is 0 Å². The number of hydrogen-bond acceptors (Lipinski definition) is 5. The normalized spacial score (nSPS) is 17.4. The second-order valence-electron chi connectivity index (χ2n) is 9.13. The van der Waals surface area contributed by atoms with E-state index in [1.807, 2.05) is 36.5 Å². The maximum absolute atomic E-state index is 12.7. The van der Waals surface area contributed by atoms with Gasteiger partial charge in [-0.2, -0.15) is 0 Å². The molecule has 5 rings (SSSR count). The first-order valence-electron chi connectivity index (χ1n) is 12.3. The topological polar surface area (TPSA) is 79.2 Å². The summed E-state index contributed by atoms with van der Waals surface area (Å²) >= 11 is 0. The number of imide groups is 1. The number of carbonyl (C=O) groups is 2. The Morgan fingerprint density at radius 3 is 2.31 bits per heavy atom. The van der Waals surface area contributed by atoms with E-state index in [1.165, 1.54) is 5.56 Å². The van der Waals surface area contributed by atoms with Gasteiger partial charge in [0.05, 0.1) is 17.7 Å². The summed E-state index contributed by atoms with van der Waals surface area (Å²) in [6.07, 6.45) is 5.74. The Morgan fingerprint density at radius 1 is 0.889 bits per heavy atom. The molecule has 0 spiro atoms. The van der Waals surface area contributed by atoms with E-state index < -0.39 is 11.8 Å². The van der Waals surface area contributed by atoms with E-state index in [0.29, 0.717) is 24.0 Å². The molecule has 0 fully saturated rings. The molecule has 0 saturated carbocycles. The van der Waals surface area contributed by atoms with Crippen LogP contribution < -0.4 is 0 Å². The third-order valence-corrected chi connectivity index (χ3v) is 6.71. The first kappa shape index (κ1) is 23.7. The van der Waals surface area contributed by atoms with E-state index in [-0.39, 0.29) is 18.3 Å². The second kappa shape index (κ2) is 10.7. The molecular weight excluding hydrogens is 452 g/mol. The van der Waals surface area contributed by atoms with E-state index in [4.69, 9.17) is 9.83 Å². The van der Waals surface area contributed by atoms with E-state index in [9.17, 15) is 14.7 Å². The number of benzene rings is 3. The Kier molecular flexibility index (Phi) is 7.05. The van der Waals surface area contributed by atoms with E-state index in [0.717, 1.165) is 41.2 Å². The lowest BCUT2D eigenvalue weighted by Crippen LogP contribution is -2.30. The lowest BCUT2D eigenvalue weighted by Gasteiger charge is -2.22. The van der Waals surface area contributed by atoms with Crippen molar-refractivity contribution in [2.45, 2.75) is 32.1 Å². The number of phenolic OH excluding ortho intramolecular Hbond substituents is 1. The van der Waals surface area contributed by atoms with Crippen molar-refractivity contribution >= 4 is 18.0 Å². The number of aliphatic imine (C=N–C) groups is 1. The highest BCUT2D eigenvalue weighted by Gasteiger charge is 2.36. The zero-order valence-corrected chi connectivity index (χ0v) is 20.0. The fourth-order valence-corrected chi connectivity index (χ4v) is 4.96. The Labute approximate surface area is 210 Å². The minimum absolute atomic E-state index is 0.186. The van der Waals surface area contributed by atoms with Crippen LogP contribution >= 0.6 is 0 Å². The van der Waals surface area contributed by atoms with Gasteiger partial charge in [0.2, 0.25) is 0 Å². The first-order chi connectivity index (χ1) is 17.6. The molecule has 2 amide bonds. The summed E-state index contributed by atoms with van der Waals surface area (Å²) in [5.41, 5.74) is 5.11. The predicted molar refractivity (Wildman–Crippen MR) is 138 cm³/mol. The molecule has 0 aliphatic carbocycles. The number of carbonyl (C=O) groups excluding carboxylic acids is 2. The van der Waals surface area contributed by atoms with Crippen molar-refractivity contribution in [3.05, 3.63) is 112 Å². The van der Waals surface area contributed by atoms with Crippen LogP contribution in [-0.4, -0.2) is 34.8 Å². The van der Waals surface area contributed by atoms with Crippen molar-refractivity contribution in [1.82, 2.24) is 5.06 Å². The minimum atomic E-state index is -0.427. The number of allylic oxidation sites excluding steroid dienone is 1. The van der Waals surface area contributed by atoms with Crippen LogP contribution in [0.1, 0.15) is 51.1 Å². The molecule has 3 aromatic carbocycles. The van der Waals surface area contributed by atoms with Crippen LogP contribution in [-0.2, 0) is 17.7 Å². The SMILES string of the molecule is O=C1c2ccccc2C(=O)N1OCCC1=C(Cc2ccccc2)N=CCCC1Cc1cccc(O)c1. The molecule has 6 nitrogen and oxygen atoms in total. The van der Waals surface area contributed by atoms with Crippen molar-refractivity contribution in [3.63, 3.8) is 0 Å². The quantitative estimate of drug-likeness (QED) is 0.430. The molecule has 1 unspecified atom stereocenters. The van der Waals surface area contributed by atoms with Crippen LogP contribution in [0.3, 0.4) is 0 Å². The number of rotatable bonds is 8. The van der Waals surface area contributed by atoms with Gasteiger partial charge in [-0.1, -0.05) is 54.6 Å². The van der Waals surface area contributed by atoms with Gasteiger partial charge in [-0.25, -0.2) is 0 Å². The number of fused-ring (bicyclic) bond motifs is 1. The van der Waals surface area contributed by atoms with Gasteiger partial charge in [0.15, 0.2) is 0 Å². The maximum atomic E-state index is 12.7. The molecule has 2 aliphatic rings. The van der Waals surface area contributed by atoms with Crippen molar-refractivity contribution in [2.75, 3.05) is 6.61 Å². The number of aromatic hydroxyl groups is 1. The van der Waals surface area contributed by atoms with Crippen molar-refractivity contribution < 1.29 is 19.5 Å². The molecule has 0 bridgehead atoms. The van der Waals surface area contributed by atoms with Gasteiger partial charge in [-0.3, -0.25) is 19.4 Å². The molecule has 2 aliphatic heterocycles. The molecule has 6 heteroatoms. The van der Waals surface area contributed by atoms with Crippen molar-refractivity contribution in [3.8, 4) is 5.75 Å². The number of amides is 2. The van der Waals surface area contributed by atoms with Crippen LogP contribution in [0, 0.1) is 5.92 Å². The Bertz CT molecular complexity index is 1290. The van der Waals surface area contributed by atoms with E-state index in [1.54, 1.807) is 36.4 Å². The summed E-state index contributed by atoms with van der Waals surface area (Å²) in [6, 6.07) is 24.3. The number of nitrogens with zero attached hydrogens (tertiary/aromatic N) is 2. The minimum Gasteiger partial charge on any atom is -0.508 e. The highest BCUT2D eigenvalue weighted by atomic mass is 16.7. The van der Waals surface area contributed by atoms with Crippen LogP contribution in [0.15, 0.2) is 95.1 Å². The number of hydrogen-bond donors (Lipinski definition) is 1. The molecule has 0 saturated heterocycles. The van der Waals surface area contributed by atoms with Gasteiger partial charge >= 0.3 is 0 Å². The fraction of sp³-hybridized carbons (Fsp3) is 0.233. The van der Waals surface area contributed by atoms with E-state index in [2.05, 4.69) is 12.1 Å². The van der Waals surface area contributed by atoms with E-state index >= 15 is 0 Å².